The molecule has 1 aromatic carbocycles. The Kier molecular flexibility index (Phi) is 3.68. The number of imidazole rings is 1. The van der Waals surface area contributed by atoms with Crippen molar-refractivity contribution in [2.45, 2.75) is 13.3 Å². The number of anilines is 1. The smallest absolute Gasteiger partial charge is 0.308 e. The van der Waals surface area contributed by atoms with Crippen LogP contribution in [0.4, 0.5) is 5.69 Å². The highest BCUT2D eigenvalue weighted by molar-refractivity contribution is 6.31. The topological polar surface area (TPSA) is 82.5 Å². The number of nitrogen functional groups attached to an aromatic ring is 1. The lowest BCUT2D eigenvalue weighted by atomic mass is 10.1. The summed E-state index contributed by atoms with van der Waals surface area (Å²) < 4.78 is 6.85. The molecule has 3 aromatic rings. The normalized spacial score (nSPS) is 10.8. The molecule has 7 heteroatoms. The molecule has 0 fully saturated rings. The number of esters is 1. The van der Waals surface area contributed by atoms with E-state index in [1.807, 2.05) is 24.3 Å². The Morgan fingerprint density at radius 1 is 1.36 bits per heavy atom. The van der Waals surface area contributed by atoms with Crippen LogP contribution < -0.4 is 10.5 Å². The molecule has 0 atom stereocenters. The van der Waals surface area contributed by atoms with Crippen molar-refractivity contribution in [3.8, 4) is 5.75 Å². The van der Waals surface area contributed by atoms with Gasteiger partial charge in [-0.25, -0.2) is 9.97 Å². The highest BCUT2D eigenvalue weighted by Gasteiger charge is 2.17. The van der Waals surface area contributed by atoms with Crippen LogP contribution in [0.3, 0.4) is 0 Å². The summed E-state index contributed by atoms with van der Waals surface area (Å²) in [6.45, 7) is 1.30. The van der Waals surface area contributed by atoms with Gasteiger partial charge in [0.25, 0.3) is 0 Å². The molecule has 0 amide bonds. The van der Waals surface area contributed by atoms with Gasteiger partial charge in [-0.1, -0.05) is 23.7 Å². The lowest BCUT2D eigenvalue weighted by Crippen LogP contribution is -2.08. The lowest BCUT2D eigenvalue weighted by Gasteiger charge is -2.10. The van der Waals surface area contributed by atoms with Crippen LogP contribution in [0.2, 0.25) is 5.15 Å². The molecular weight excluding hydrogens is 304 g/mol. The van der Waals surface area contributed by atoms with Gasteiger partial charge in [0.05, 0.1) is 0 Å². The molecule has 0 aliphatic carbocycles. The van der Waals surface area contributed by atoms with E-state index in [-0.39, 0.29) is 10.9 Å². The highest BCUT2D eigenvalue weighted by Crippen LogP contribution is 2.28. The largest absolute Gasteiger partial charge is 0.419 e. The van der Waals surface area contributed by atoms with E-state index >= 15 is 0 Å². The zero-order valence-corrected chi connectivity index (χ0v) is 12.5. The molecule has 22 heavy (non-hydrogen) atoms. The molecule has 6 nitrogen and oxygen atoms in total. The van der Waals surface area contributed by atoms with Crippen LogP contribution in [-0.4, -0.2) is 20.3 Å². The van der Waals surface area contributed by atoms with E-state index in [0.29, 0.717) is 23.6 Å². The molecule has 0 spiro atoms. The predicted octanol–water partition coefficient (Wildman–Crippen LogP) is 2.48. The Morgan fingerprint density at radius 3 is 2.77 bits per heavy atom. The Hall–Kier alpha value is -2.60. The number of halogens is 1. The molecule has 0 unspecified atom stereocenters. The summed E-state index contributed by atoms with van der Waals surface area (Å²) in [5, 5.41) is 0.111. The number of ether oxygens (including phenoxy) is 1. The summed E-state index contributed by atoms with van der Waals surface area (Å²) in [4.78, 5) is 19.7. The SMILES string of the molecule is CC(=O)Oc1c(Cl)nc(Cc2ccc(N)cc2)n2ccnc12. The number of rotatable bonds is 3. The molecule has 3 rings (SSSR count). The van der Waals surface area contributed by atoms with E-state index in [1.165, 1.54) is 6.92 Å². The van der Waals surface area contributed by atoms with Crippen LogP contribution in [-0.2, 0) is 11.2 Å². The van der Waals surface area contributed by atoms with E-state index in [4.69, 9.17) is 22.1 Å². The second kappa shape index (κ2) is 5.65. The van der Waals surface area contributed by atoms with E-state index in [2.05, 4.69) is 9.97 Å². The average Bonchev–Trinajstić information content (AvgIpc) is 2.95. The fourth-order valence-electron chi connectivity index (χ4n) is 2.16. The Bertz CT molecular complexity index is 843. The van der Waals surface area contributed by atoms with Crippen molar-refractivity contribution in [2.24, 2.45) is 0 Å². The molecular formula is C15H13ClN4O2. The van der Waals surface area contributed by atoms with Crippen molar-refractivity contribution < 1.29 is 9.53 Å². The number of hydrogen-bond donors (Lipinski definition) is 1. The number of carbonyl (C=O) groups is 1. The van der Waals surface area contributed by atoms with Crippen LogP contribution in [0.15, 0.2) is 36.7 Å². The zero-order valence-electron chi connectivity index (χ0n) is 11.8. The molecule has 0 aliphatic heterocycles. The van der Waals surface area contributed by atoms with Crippen LogP contribution in [0.1, 0.15) is 18.3 Å². The zero-order chi connectivity index (χ0) is 15.7. The summed E-state index contributed by atoms with van der Waals surface area (Å²) in [5.41, 5.74) is 7.88. The van der Waals surface area contributed by atoms with Crippen LogP contribution in [0.5, 0.6) is 5.75 Å². The number of nitrogens with two attached hydrogens (primary N) is 1. The van der Waals surface area contributed by atoms with Gasteiger partial charge < -0.3 is 10.5 Å². The minimum Gasteiger partial charge on any atom is -0.419 e. The van der Waals surface area contributed by atoms with Gasteiger partial charge in [0.2, 0.25) is 5.75 Å². The third kappa shape index (κ3) is 2.73. The van der Waals surface area contributed by atoms with Crippen molar-refractivity contribution in [2.75, 3.05) is 5.73 Å². The van der Waals surface area contributed by atoms with Crippen molar-refractivity contribution in [3.05, 3.63) is 53.2 Å². The Labute approximate surface area is 131 Å². The van der Waals surface area contributed by atoms with Gasteiger partial charge in [0.1, 0.15) is 5.82 Å². The van der Waals surface area contributed by atoms with Gasteiger partial charge in [-0.05, 0) is 17.7 Å². The standard InChI is InChI=1S/C15H13ClN4O2/c1-9(21)22-13-14(16)19-12(20-7-6-18-15(13)20)8-10-2-4-11(17)5-3-10/h2-7H,8,17H2,1H3. The first kappa shape index (κ1) is 14.3. The number of carbonyl (C=O) groups excluding carboxylic acids is 1. The summed E-state index contributed by atoms with van der Waals surface area (Å²) in [5.74, 6) is 0.387. The maximum Gasteiger partial charge on any atom is 0.308 e. The third-order valence-electron chi connectivity index (χ3n) is 3.12. The average molecular weight is 317 g/mol. The molecule has 2 aromatic heterocycles. The van der Waals surface area contributed by atoms with Crippen molar-refractivity contribution in [1.29, 1.82) is 0 Å². The van der Waals surface area contributed by atoms with Crippen molar-refractivity contribution >= 4 is 28.9 Å². The van der Waals surface area contributed by atoms with Crippen molar-refractivity contribution in [1.82, 2.24) is 14.4 Å². The molecule has 0 aliphatic rings. The molecule has 2 heterocycles. The number of benzene rings is 1. The van der Waals surface area contributed by atoms with Gasteiger partial charge in [-0.3, -0.25) is 9.20 Å². The summed E-state index contributed by atoms with van der Waals surface area (Å²) in [6.07, 6.45) is 3.90. The first-order valence-corrected chi connectivity index (χ1v) is 6.96. The minimum absolute atomic E-state index is 0.111. The van der Waals surface area contributed by atoms with Gasteiger partial charge in [0, 0.05) is 31.4 Å². The lowest BCUT2D eigenvalue weighted by molar-refractivity contribution is -0.131. The fraction of sp³-hybridized carbons (Fsp3) is 0.133. The predicted molar refractivity (Wildman–Crippen MR) is 83.0 cm³/mol. The van der Waals surface area contributed by atoms with Gasteiger partial charge in [-0.2, -0.15) is 0 Å². The first-order chi connectivity index (χ1) is 10.5. The molecule has 112 valence electrons. The van der Waals surface area contributed by atoms with Crippen LogP contribution >= 0.6 is 11.6 Å². The maximum absolute atomic E-state index is 11.2. The second-order valence-electron chi connectivity index (χ2n) is 4.78. The molecule has 2 N–H and O–H groups in total. The Morgan fingerprint density at radius 2 is 2.09 bits per heavy atom. The van der Waals surface area contributed by atoms with E-state index in [0.717, 1.165) is 5.56 Å². The number of aromatic nitrogens is 3. The van der Waals surface area contributed by atoms with E-state index < -0.39 is 5.97 Å². The van der Waals surface area contributed by atoms with Gasteiger partial charge in [0.15, 0.2) is 10.8 Å². The van der Waals surface area contributed by atoms with Gasteiger partial charge in [-0.15, -0.1) is 0 Å². The van der Waals surface area contributed by atoms with Crippen LogP contribution in [0, 0.1) is 0 Å². The first-order valence-electron chi connectivity index (χ1n) is 6.59. The molecule has 0 saturated heterocycles. The highest BCUT2D eigenvalue weighted by atomic mass is 35.5. The molecule has 0 bridgehead atoms. The van der Waals surface area contributed by atoms with Crippen molar-refractivity contribution in [3.63, 3.8) is 0 Å². The van der Waals surface area contributed by atoms with E-state index in [9.17, 15) is 4.79 Å². The second-order valence-corrected chi connectivity index (χ2v) is 5.14. The molecule has 0 radical (unpaired) electrons. The summed E-state index contributed by atoms with van der Waals surface area (Å²) in [6, 6.07) is 7.51. The summed E-state index contributed by atoms with van der Waals surface area (Å²) in [7, 11) is 0. The monoisotopic (exact) mass is 316 g/mol. The van der Waals surface area contributed by atoms with Gasteiger partial charge >= 0.3 is 5.97 Å². The van der Waals surface area contributed by atoms with E-state index in [1.54, 1.807) is 16.8 Å². The quantitative estimate of drug-likeness (QED) is 0.456. The number of fused-ring (bicyclic) bond motifs is 1. The molecule has 0 saturated carbocycles. The third-order valence-corrected chi connectivity index (χ3v) is 3.38. The Balaban J connectivity index is 2.05. The number of hydrogen-bond acceptors (Lipinski definition) is 5. The summed E-state index contributed by atoms with van der Waals surface area (Å²) >= 11 is 6.14. The van der Waals surface area contributed by atoms with Crippen LogP contribution in [0.25, 0.3) is 5.65 Å². The maximum atomic E-state index is 11.2. The minimum atomic E-state index is -0.472. The number of nitrogens with zero attached hydrogens (tertiary/aromatic N) is 3. The fourth-order valence-corrected chi connectivity index (χ4v) is 2.38.